The number of hydrogen-bond donors (Lipinski definition) is 1. The van der Waals surface area contributed by atoms with Crippen LogP contribution in [-0.4, -0.2) is 11.1 Å². The van der Waals surface area contributed by atoms with Crippen molar-refractivity contribution in [2.45, 2.75) is 51.4 Å². The first kappa shape index (κ1) is 14.5. The van der Waals surface area contributed by atoms with Crippen molar-refractivity contribution >= 4 is 21.9 Å². The Morgan fingerprint density at radius 3 is 2.42 bits per heavy atom. The maximum Gasteiger partial charge on any atom is 0.314 e. The zero-order chi connectivity index (χ0) is 14.2. The number of aliphatic carboxylic acids is 1. The highest BCUT2D eigenvalue weighted by atomic mass is 79.9. The summed E-state index contributed by atoms with van der Waals surface area (Å²) < 4.78 is 15.3. The van der Waals surface area contributed by atoms with Gasteiger partial charge in [0.2, 0.25) is 0 Å². The summed E-state index contributed by atoms with van der Waals surface area (Å²) in [6, 6.07) is 1.71. The molecule has 1 N–H and O–H groups in total. The van der Waals surface area contributed by atoms with Crippen LogP contribution in [0.1, 0.15) is 48.8 Å². The topological polar surface area (TPSA) is 37.3 Å². The van der Waals surface area contributed by atoms with Crippen LogP contribution < -0.4 is 0 Å². The molecule has 1 aromatic rings. The summed E-state index contributed by atoms with van der Waals surface area (Å²) in [6.45, 7) is 3.47. The Hall–Kier alpha value is -0.900. The Labute approximate surface area is 121 Å². The van der Waals surface area contributed by atoms with Crippen LogP contribution in [0.2, 0.25) is 0 Å². The van der Waals surface area contributed by atoms with E-state index >= 15 is 0 Å². The van der Waals surface area contributed by atoms with Crippen LogP contribution in [0, 0.1) is 19.7 Å². The van der Waals surface area contributed by atoms with Gasteiger partial charge in [0.05, 0.1) is 5.41 Å². The smallest absolute Gasteiger partial charge is 0.314 e. The number of halogens is 2. The molecule has 1 fully saturated rings. The average Bonchev–Trinajstić information content (AvgIpc) is 2.37. The van der Waals surface area contributed by atoms with Gasteiger partial charge in [-0.05, 0) is 43.9 Å². The lowest BCUT2D eigenvalue weighted by Gasteiger charge is -2.35. The standard InChI is InChI=1S/C15H18BrFO2/c1-9-8-11(16)10(2)12(13(9)17)15(14(18)19)6-4-3-5-7-15/h8H,3-7H2,1-2H3,(H,18,19). The molecule has 1 aliphatic rings. The predicted molar refractivity (Wildman–Crippen MR) is 76.0 cm³/mol. The van der Waals surface area contributed by atoms with E-state index < -0.39 is 11.4 Å². The Kier molecular flexibility index (Phi) is 4.00. The Balaban J connectivity index is 2.70. The van der Waals surface area contributed by atoms with Gasteiger partial charge in [-0.1, -0.05) is 35.2 Å². The second-order valence-electron chi connectivity index (χ2n) is 5.44. The van der Waals surface area contributed by atoms with Gasteiger partial charge < -0.3 is 5.11 Å². The van der Waals surface area contributed by atoms with E-state index in [2.05, 4.69) is 15.9 Å². The first-order valence-electron chi connectivity index (χ1n) is 6.59. The van der Waals surface area contributed by atoms with Gasteiger partial charge in [-0.15, -0.1) is 0 Å². The maximum atomic E-state index is 14.5. The van der Waals surface area contributed by atoms with Crippen molar-refractivity contribution < 1.29 is 14.3 Å². The molecule has 0 spiro atoms. The minimum Gasteiger partial charge on any atom is -0.481 e. The molecule has 1 aliphatic carbocycles. The molecule has 1 aromatic carbocycles. The van der Waals surface area contributed by atoms with Gasteiger partial charge in [0.25, 0.3) is 0 Å². The highest BCUT2D eigenvalue weighted by Gasteiger charge is 2.44. The van der Waals surface area contributed by atoms with Crippen molar-refractivity contribution in [3.8, 4) is 0 Å². The molecule has 4 heteroatoms. The molecule has 0 saturated heterocycles. The molecule has 0 atom stereocenters. The summed E-state index contributed by atoms with van der Waals surface area (Å²) in [7, 11) is 0. The summed E-state index contributed by atoms with van der Waals surface area (Å²) in [4.78, 5) is 11.8. The van der Waals surface area contributed by atoms with E-state index in [-0.39, 0.29) is 5.82 Å². The lowest BCUT2D eigenvalue weighted by molar-refractivity contribution is -0.145. The summed E-state index contributed by atoms with van der Waals surface area (Å²) in [5.41, 5.74) is 0.540. The second kappa shape index (κ2) is 5.23. The van der Waals surface area contributed by atoms with Gasteiger partial charge in [0, 0.05) is 10.0 Å². The number of rotatable bonds is 2. The summed E-state index contributed by atoms with van der Waals surface area (Å²) in [5.74, 6) is -1.25. The minimum atomic E-state index is -1.05. The minimum absolute atomic E-state index is 0.356. The Bertz CT molecular complexity index is 493. The van der Waals surface area contributed by atoms with Crippen LogP contribution >= 0.6 is 15.9 Å². The molecule has 0 aliphatic heterocycles. The summed E-state index contributed by atoms with van der Waals surface area (Å²) >= 11 is 3.41. The lowest BCUT2D eigenvalue weighted by atomic mass is 9.67. The predicted octanol–water partition coefficient (Wildman–Crippen LogP) is 4.49. The second-order valence-corrected chi connectivity index (χ2v) is 6.29. The van der Waals surface area contributed by atoms with Crippen LogP contribution in [0.5, 0.6) is 0 Å². The molecule has 19 heavy (non-hydrogen) atoms. The Morgan fingerprint density at radius 1 is 1.32 bits per heavy atom. The van der Waals surface area contributed by atoms with Crippen LogP contribution in [-0.2, 0) is 10.2 Å². The molecule has 0 aromatic heterocycles. The third-order valence-corrected chi connectivity index (χ3v) is 5.06. The van der Waals surface area contributed by atoms with E-state index in [1.807, 2.05) is 0 Å². The molecule has 0 bridgehead atoms. The zero-order valence-corrected chi connectivity index (χ0v) is 12.8. The summed E-state index contributed by atoms with van der Waals surface area (Å²) in [5, 5.41) is 9.69. The van der Waals surface area contributed by atoms with E-state index in [0.29, 0.717) is 29.5 Å². The monoisotopic (exact) mass is 328 g/mol. The number of carboxylic acids is 1. The molecular weight excluding hydrogens is 311 g/mol. The molecule has 2 nitrogen and oxygen atoms in total. The molecule has 1 saturated carbocycles. The maximum absolute atomic E-state index is 14.5. The molecule has 2 rings (SSSR count). The highest BCUT2D eigenvalue weighted by molar-refractivity contribution is 9.10. The van der Waals surface area contributed by atoms with Crippen molar-refractivity contribution in [2.75, 3.05) is 0 Å². The van der Waals surface area contributed by atoms with Crippen LogP contribution in [0.4, 0.5) is 4.39 Å². The number of carboxylic acid groups (broad SMARTS) is 1. The van der Waals surface area contributed by atoms with Gasteiger partial charge in [-0.25, -0.2) is 4.39 Å². The van der Waals surface area contributed by atoms with Gasteiger partial charge in [-0.3, -0.25) is 4.79 Å². The van der Waals surface area contributed by atoms with Crippen LogP contribution in [0.25, 0.3) is 0 Å². The molecule has 104 valence electrons. The summed E-state index contributed by atoms with van der Waals surface area (Å²) in [6.07, 6.45) is 3.77. The van der Waals surface area contributed by atoms with Crippen molar-refractivity contribution in [3.63, 3.8) is 0 Å². The van der Waals surface area contributed by atoms with Crippen LogP contribution in [0.3, 0.4) is 0 Å². The largest absolute Gasteiger partial charge is 0.481 e. The number of hydrogen-bond acceptors (Lipinski definition) is 1. The van der Waals surface area contributed by atoms with E-state index in [4.69, 9.17) is 0 Å². The zero-order valence-electron chi connectivity index (χ0n) is 11.2. The van der Waals surface area contributed by atoms with Crippen molar-refractivity contribution in [1.82, 2.24) is 0 Å². The third kappa shape index (κ3) is 2.31. The quantitative estimate of drug-likeness (QED) is 0.868. The van der Waals surface area contributed by atoms with Crippen molar-refractivity contribution in [2.24, 2.45) is 0 Å². The van der Waals surface area contributed by atoms with Crippen molar-refractivity contribution in [3.05, 3.63) is 33.0 Å². The average molecular weight is 329 g/mol. The molecule has 0 unspecified atom stereocenters. The van der Waals surface area contributed by atoms with Crippen molar-refractivity contribution in [1.29, 1.82) is 0 Å². The van der Waals surface area contributed by atoms with Gasteiger partial charge >= 0.3 is 5.97 Å². The fourth-order valence-corrected chi connectivity index (χ4v) is 3.68. The van der Waals surface area contributed by atoms with E-state index in [9.17, 15) is 14.3 Å². The SMILES string of the molecule is Cc1cc(Br)c(C)c(C2(C(=O)O)CCCCC2)c1F. The molecule has 0 amide bonds. The fourth-order valence-electron chi connectivity index (χ4n) is 3.14. The lowest BCUT2D eigenvalue weighted by Crippen LogP contribution is -2.39. The first-order valence-corrected chi connectivity index (χ1v) is 7.38. The Morgan fingerprint density at radius 2 is 1.89 bits per heavy atom. The molecular formula is C15H18BrFO2. The van der Waals surface area contributed by atoms with Gasteiger partial charge in [0.1, 0.15) is 5.82 Å². The molecule has 0 radical (unpaired) electrons. The van der Waals surface area contributed by atoms with E-state index in [1.165, 1.54) is 0 Å². The normalized spacial score (nSPS) is 18.3. The first-order chi connectivity index (χ1) is 8.90. The highest BCUT2D eigenvalue weighted by Crippen LogP contribution is 2.44. The van der Waals surface area contributed by atoms with Crippen LogP contribution in [0.15, 0.2) is 10.5 Å². The number of carbonyl (C=O) groups is 1. The van der Waals surface area contributed by atoms with E-state index in [0.717, 1.165) is 23.7 Å². The number of benzene rings is 1. The third-order valence-electron chi connectivity index (χ3n) is 4.24. The molecule has 0 heterocycles. The number of aryl methyl sites for hydroxylation is 1. The fraction of sp³-hybridized carbons (Fsp3) is 0.533. The van der Waals surface area contributed by atoms with Gasteiger partial charge in [0.15, 0.2) is 0 Å². The van der Waals surface area contributed by atoms with E-state index in [1.54, 1.807) is 19.9 Å². The van der Waals surface area contributed by atoms with Gasteiger partial charge in [-0.2, -0.15) is 0 Å².